The van der Waals surface area contributed by atoms with Gasteiger partial charge in [0, 0.05) is 12.6 Å². The lowest BCUT2D eigenvalue weighted by atomic mass is 10.3. The normalized spacial score (nSPS) is 10.9. The number of hydrogen-bond acceptors (Lipinski definition) is 5. The highest BCUT2D eigenvalue weighted by Crippen LogP contribution is 2.27. The van der Waals surface area contributed by atoms with Crippen LogP contribution < -0.4 is 10.5 Å². The molecule has 0 aliphatic carbocycles. The van der Waals surface area contributed by atoms with Crippen molar-refractivity contribution in [1.29, 1.82) is 0 Å². The number of pyridine rings is 1. The lowest BCUT2D eigenvalue weighted by Crippen LogP contribution is -1.99. The zero-order valence-corrected chi connectivity index (χ0v) is 11.8. The molecule has 3 N–H and O–H groups in total. The van der Waals surface area contributed by atoms with E-state index in [1.54, 1.807) is 7.11 Å². The van der Waals surface area contributed by atoms with Crippen LogP contribution in [0, 0.1) is 0 Å². The highest BCUT2D eigenvalue weighted by molar-refractivity contribution is 7.99. The number of fused-ring (bicyclic) bond motifs is 1. The first-order valence-electron chi connectivity index (χ1n) is 6.16. The zero-order chi connectivity index (χ0) is 13.9. The molecule has 3 rings (SSSR count). The Bertz CT molecular complexity index is 741. The summed E-state index contributed by atoms with van der Waals surface area (Å²) in [5.41, 5.74) is 8.32. The molecule has 6 heteroatoms. The van der Waals surface area contributed by atoms with E-state index in [9.17, 15) is 0 Å². The van der Waals surface area contributed by atoms with E-state index >= 15 is 0 Å². The molecule has 0 bridgehead atoms. The summed E-state index contributed by atoms with van der Waals surface area (Å²) < 4.78 is 5.20. The summed E-state index contributed by atoms with van der Waals surface area (Å²) in [5, 5.41) is 1.67. The van der Waals surface area contributed by atoms with Crippen molar-refractivity contribution >= 4 is 22.8 Å². The van der Waals surface area contributed by atoms with E-state index in [1.165, 1.54) is 11.8 Å². The molecular weight excluding hydrogens is 272 g/mol. The molecule has 0 fully saturated rings. The molecule has 3 aromatic rings. The smallest absolute Gasteiger partial charge is 0.172 e. The number of aromatic amines is 1. The third-order valence-corrected chi connectivity index (χ3v) is 3.68. The van der Waals surface area contributed by atoms with Crippen molar-refractivity contribution in [3.8, 4) is 5.75 Å². The van der Waals surface area contributed by atoms with Crippen molar-refractivity contribution in [2.24, 2.45) is 5.73 Å². The minimum absolute atomic E-state index is 0.436. The van der Waals surface area contributed by atoms with E-state index < -0.39 is 0 Å². The Morgan fingerprint density at radius 1 is 1.25 bits per heavy atom. The van der Waals surface area contributed by atoms with Crippen LogP contribution in [0.2, 0.25) is 0 Å². The molecule has 0 aliphatic rings. The molecule has 5 nitrogen and oxygen atoms in total. The van der Waals surface area contributed by atoms with Crippen LogP contribution in [-0.2, 0) is 6.54 Å². The number of hydrogen-bond donors (Lipinski definition) is 2. The van der Waals surface area contributed by atoms with Crippen molar-refractivity contribution in [2.45, 2.75) is 16.7 Å². The van der Waals surface area contributed by atoms with Crippen LogP contribution in [0.25, 0.3) is 11.0 Å². The number of imidazole rings is 1. The summed E-state index contributed by atoms with van der Waals surface area (Å²) in [6.07, 6.45) is 0. The van der Waals surface area contributed by atoms with Gasteiger partial charge in [-0.3, -0.25) is 0 Å². The van der Waals surface area contributed by atoms with Gasteiger partial charge >= 0.3 is 0 Å². The fraction of sp³-hybridized carbons (Fsp3) is 0.143. The van der Waals surface area contributed by atoms with Gasteiger partial charge in [0.25, 0.3) is 0 Å². The second-order valence-electron chi connectivity index (χ2n) is 4.20. The lowest BCUT2D eigenvalue weighted by Gasteiger charge is -1.99. The minimum atomic E-state index is 0.436. The van der Waals surface area contributed by atoms with E-state index in [2.05, 4.69) is 15.0 Å². The highest BCUT2D eigenvalue weighted by atomic mass is 32.2. The quantitative estimate of drug-likeness (QED) is 0.771. The number of nitrogens with one attached hydrogen (secondary N) is 1. The maximum atomic E-state index is 5.60. The van der Waals surface area contributed by atoms with Crippen molar-refractivity contribution in [1.82, 2.24) is 15.0 Å². The van der Waals surface area contributed by atoms with Crippen LogP contribution in [0.4, 0.5) is 0 Å². The third-order valence-electron chi connectivity index (χ3n) is 2.86. The van der Waals surface area contributed by atoms with E-state index in [-0.39, 0.29) is 0 Å². The first-order chi connectivity index (χ1) is 9.78. The fourth-order valence-electron chi connectivity index (χ4n) is 1.87. The van der Waals surface area contributed by atoms with Gasteiger partial charge in [0.05, 0.1) is 23.8 Å². The average molecular weight is 286 g/mol. The van der Waals surface area contributed by atoms with Crippen molar-refractivity contribution in [2.75, 3.05) is 7.11 Å². The number of methoxy groups -OCH3 is 1. The van der Waals surface area contributed by atoms with Crippen LogP contribution in [0.3, 0.4) is 0 Å². The summed E-state index contributed by atoms with van der Waals surface area (Å²) in [7, 11) is 1.65. The molecule has 0 unspecified atom stereocenters. The fourth-order valence-corrected chi connectivity index (χ4v) is 2.68. The minimum Gasteiger partial charge on any atom is -0.497 e. The predicted molar refractivity (Wildman–Crippen MR) is 78.9 cm³/mol. The summed E-state index contributed by atoms with van der Waals surface area (Å²) in [6, 6.07) is 11.5. The van der Waals surface area contributed by atoms with Gasteiger partial charge in [-0.05, 0) is 36.0 Å². The van der Waals surface area contributed by atoms with E-state index in [0.717, 1.165) is 32.7 Å². The Morgan fingerprint density at radius 3 is 2.95 bits per heavy atom. The Morgan fingerprint density at radius 2 is 2.15 bits per heavy atom. The van der Waals surface area contributed by atoms with Crippen molar-refractivity contribution < 1.29 is 4.74 Å². The Balaban J connectivity index is 1.90. The Hall–Kier alpha value is -2.05. The second kappa shape index (κ2) is 5.52. The molecule has 20 heavy (non-hydrogen) atoms. The first-order valence-corrected chi connectivity index (χ1v) is 6.98. The number of H-pyrrole nitrogens is 1. The van der Waals surface area contributed by atoms with Crippen LogP contribution >= 0.6 is 11.8 Å². The van der Waals surface area contributed by atoms with E-state index in [1.807, 2.05) is 36.4 Å². The monoisotopic (exact) mass is 286 g/mol. The van der Waals surface area contributed by atoms with Gasteiger partial charge in [-0.2, -0.15) is 0 Å². The molecule has 2 heterocycles. The molecule has 1 aromatic carbocycles. The molecule has 0 amide bonds. The molecule has 2 aromatic heterocycles. The van der Waals surface area contributed by atoms with E-state index in [4.69, 9.17) is 10.5 Å². The second-order valence-corrected chi connectivity index (χ2v) is 5.21. The molecule has 0 saturated carbocycles. The van der Waals surface area contributed by atoms with E-state index in [0.29, 0.717) is 6.54 Å². The van der Waals surface area contributed by atoms with Gasteiger partial charge in [-0.1, -0.05) is 6.07 Å². The van der Waals surface area contributed by atoms with Gasteiger partial charge in [0.2, 0.25) is 0 Å². The van der Waals surface area contributed by atoms with Gasteiger partial charge < -0.3 is 15.5 Å². The van der Waals surface area contributed by atoms with Crippen LogP contribution in [0.5, 0.6) is 5.75 Å². The number of benzene rings is 1. The summed E-state index contributed by atoms with van der Waals surface area (Å²) in [4.78, 5) is 12.2. The Kier molecular flexibility index (Phi) is 3.58. The largest absolute Gasteiger partial charge is 0.497 e. The molecule has 0 atom stereocenters. The number of rotatable bonds is 4. The number of aromatic nitrogens is 3. The predicted octanol–water partition coefficient (Wildman–Crippen LogP) is 2.58. The standard InChI is InChI=1S/C14H14N4OS/c1-19-10-5-6-11-12(7-10)18-14(17-11)20-13-4-2-3-9(8-15)16-13/h2-7H,8,15H2,1H3,(H,17,18). The molecule has 102 valence electrons. The lowest BCUT2D eigenvalue weighted by molar-refractivity contribution is 0.415. The van der Waals surface area contributed by atoms with Gasteiger partial charge in [0.1, 0.15) is 10.8 Å². The van der Waals surface area contributed by atoms with Gasteiger partial charge in [-0.25, -0.2) is 9.97 Å². The maximum absolute atomic E-state index is 5.60. The summed E-state index contributed by atoms with van der Waals surface area (Å²) in [5.74, 6) is 0.806. The van der Waals surface area contributed by atoms with Gasteiger partial charge in [-0.15, -0.1) is 0 Å². The topological polar surface area (TPSA) is 76.8 Å². The molecule has 0 saturated heterocycles. The number of nitrogens with zero attached hydrogens (tertiary/aromatic N) is 2. The maximum Gasteiger partial charge on any atom is 0.172 e. The first kappa shape index (κ1) is 13.0. The molecular formula is C14H14N4OS. The van der Waals surface area contributed by atoms with Crippen LogP contribution in [0.1, 0.15) is 5.69 Å². The Labute approximate surface area is 120 Å². The molecule has 0 radical (unpaired) electrons. The van der Waals surface area contributed by atoms with Crippen LogP contribution in [0.15, 0.2) is 46.6 Å². The zero-order valence-electron chi connectivity index (χ0n) is 11.0. The SMILES string of the molecule is COc1ccc2nc(Sc3cccc(CN)n3)[nH]c2c1. The summed E-state index contributed by atoms with van der Waals surface area (Å²) in [6.45, 7) is 0.436. The number of ether oxygens (including phenoxy) is 1. The summed E-state index contributed by atoms with van der Waals surface area (Å²) >= 11 is 1.48. The van der Waals surface area contributed by atoms with Crippen LogP contribution in [-0.4, -0.2) is 22.1 Å². The molecule has 0 spiro atoms. The average Bonchev–Trinajstić information content (AvgIpc) is 2.88. The number of nitrogens with two attached hydrogens (primary N) is 1. The third kappa shape index (κ3) is 2.61. The van der Waals surface area contributed by atoms with Gasteiger partial charge in [0.15, 0.2) is 5.16 Å². The van der Waals surface area contributed by atoms with Crippen molar-refractivity contribution in [3.63, 3.8) is 0 Å². The van der Waals surface area contributed by atoms with Crippen molar-refractivity contribution in [3.05, 3.63) is 42.1 Å². The molecule has 0 aliphatic heterocycles. The highest BCUT2D eigenvalue weighted by Gasteiger charge is 2.07.